The Morgan fingerprint density at radius 3 is 2.60 bits per heavy atom. The minimum Gasteiger partial charge on any atom is -0.461 e. The van der Waals surface area contributed by atoms with Crippen LogP contribution >= 0.6 is 0 Å². The van der Waals surface area contributed by atoms with Crippen molar-refractivity contribution in [3.05, 3.63) is 25.3 Å². The molecule has 3 rings (SSSR count). The predicted octanol–water partition coefficient (Wildman–Crippen LogP) is 2.70. The molecule has 1 spiro atoms. The van der Waals surface area contributed by atoms with Crippen LogP contribution < -0.4 is 0 Å². The molecule has 0 aliphatic carbocycles. The highest BCUT2D eigenvalue weighted by atomic mass is 16.6. The fraction of sp³-hybridized carbons (Fsp3) is 0.741. The highest BCUT2D eigenvalue weighted by Gasteiger charge is 2.79. The van der Waals surface area contributed by atoms with Crippen molar-refractivity contribution in [1.82, 2.24) is 9.80 Å². The molecule has 0 saturated carbocycles. The van der Waals surface area contributed by atoms with Crippen molar-refractivity contribution >= 4 is 17.8 Å². The minimum absolute atomic E-state index is 0.0433. The van der Waals surface area contributed by atoms with Crippen molar-refractivity contribution in [2.75, 3.05) is 26.3 Å². The van der Waals surface area contributed by atoms with E-state index in [1.165, 1.54) is 6.08 Å². The number of aliphatic hydroxyl groups excluding tert-OH is 1. The van der Waals surface area contributed by atoms with Gasteiger partial charge in [-0.15, -0.1) is 6.58 Å². The molecule has 0 aromatic carbocycles. The van der Waals surface area contributed by atoms with Gasteiger partial charge in [0.25, 0.3) is 0 Å². The van der Waals surface area contributed by atoms with E-state index >= 15 is 0 Å². The maximum Gasteiger partial charge on any atom is 0.313 e. The summed E-state index contributed by atoms with van der Waals surface area (Å²) in [6, 6.07) is -1.47. The monoisotopic (exact) mass is 490 g/mol. The molecule has 2 bridgehead atoms. The summed E-state index contributed by atoms with van der Waals surface area (Å²) in [6.45, 7) is 16.0. The molecule has 0 radical (unpaired) electrons. The molecule has 3 aliphatic rings. The third kappa shape index (κ3) is 4.44. The summed E-state index contributed by atoms with van der Waals surface area (Å²) in [5, 5.41) is 10.4. The molecule has 8 heteroatoms. The molecule has 2 amide bonds. The summed E-state index contributed by atoms with van der Waals surface area (Å²) in [7, 11) is 0. The van der Waals surface area contributed by atoms with E-state index in [1.807, 2.05) is 20.8 Å². The second-order valence-corrected chi connectivity index (χ2v) is 10.5. The van der Waals surface area contributed by atoms with Crippen LogP contribution in [0, 0.1) is 17.8 Å². The number of likely N-dealkylation sites (tertiary alicyclic amines) is 1. The highest BCUT2D eigenvalue weighted by molar-refractivity contribution is 5.98. The van der Waals surface area contributed by atoms with E-state index < -0.39 is 41.1 Å². The van der Waals surface area contributed by atoms with E-state index in [1.54, 1.807) is 15.9 Å². The second kappa shape index (κ2) is 10.8. The molecule has 8 nitrogen and oxygen atoms in total. The van der Waals surface area contributed by atoms with Crippen LogP contribution in [0.5, 0.6) is 0 Å². The second-order valence-electron chi connectivity index (χ2n) is 10.5. The van der Waals surface area contributed by atoms with Crippen molar-refractivity contribution in [1.29, 1.82) is 0 Å². The van der Waals surface area contributed by atoms with Crippen molar-refractivity contribution in [3.8, 4) is 0 Å². The largest absolute Gasteiger partial charge is 0.461 e. The van der Waals surface area contributed by atoms with Crippen LogP contribution in [0.3, 0.4) is 0 Å². The highest BCUT2D eigenvalue weighted by Crippen LogP contribution is 2.64. The summed E-state index contributed by atoms with van der Waals surface area (Å²) >= 11 is 0. The molecular formula is C27H42N2O6. The zero-order valence-corrected chi connectivity index (χ0v) is 21.7. The van der Waals surface area contributed by atoms with Gasteiger partial charge < -0.3 is 24.4 Å². The smallest absolute Gasteiger partial charge is 0.313 e. The van der Waals surface area contributed by atoms with Crippen molar-refractivity contribution < 1.29 is 29.0 Å². The Hall–Kier alpha value is -2.19. The Labute approximate surface area is 209 Å². The summed E-state index contributed by atoms with van der Waals surface area (Å²) in [5.74, 6) is -2.71. The fourth-order valence-corrected chi connectivity index (χ4v) is 6.37. The third-order valence-corrected chi connectivity index (χ3v) is 8.33. The lowest BCUT2D eigenvalue weighted by molar-refractivity contribution is -0.162. The number of fused-ring (bicyclic) bond motifs is 1. The van der Waals surface area contributed by atoms with Crippen LogP contribution in [0.2, 0.25) is 0 Å². The van der Waals surface area contributed by atoms with Gasteiger partial charge >= 0.3 is 5.97 Å². The zero-order valence-electron chi connectivity index (χ0n) is 21.7. The molecule has 2 unspecified atom stereocenters. The summed E-state index contributed by atoms with van der Waals surface area (Å²) in [6.07, 6.45) is 6.68. The maximum absolute atomic E-state index is 14.2. The van der Waals surface area contributed by atoms with Gasteiger partial charge in [0.2, 0.25) is 11.8 Å². The molecule has 3 fully saturated rings. The van der Waals surface area contributed by atoms with Crippen LogP contribution in [0.1, 0.15) is 59.8 Å². The first-order valence-electron chi connectivity index (χ1n) is 13.0. The van der Waals surface area contributed by atoms with Crippen molar-refractivity contribution in [2.24, 2.45) is 17.8 Å². The lowest BCUT2D eigenvalue weighted by atomic mass is 9.66. The third-order valence-electron chi connectivity index (χ3n) is 8.33. The SMILES string of the molecule is C=CCOC(=O)[C@H]1[C@H]2C(=O)N([C@@H](CO)[C@@H](C)CC)C(C(=O)N(CC=C)CCCC)C23CC[C@]1(C)O3. The molecule has 35 heavy (non-hydrogen) atoms. The Kier molecular flexibility index (Phi) is 8.48. The normalized spacial score (nSPS) is 32.8. The van der Waals surface area contributed by atoms with E-state index in [-0.39, 0.29) is 30.9 Å². The van der Waals surface area contributed by atoms with Crippen LogP contribution in [-0.4, -0.2) is 82.3 Å². The number of hydrogen-bond donors (Lipinski definition) is 1. The average molecular weight is 491 g/mol. The minimum atomic E-state index is -1.13. The Morgan fingerprint density at radius 2 is 2.03 bits per heavy atom. The van der Waals surface area contributed by atoms with E-state index in [0.29, 0.717) is 25.9 Å². The zero-order chi connectivity index (χ0) is 26.0. The predicted molar refractivity (Wildman–Crippen MR) is 132 cm³/mol. The lowest BCUT2D eigenvalue weighted by Crippen LogP contribution is -2.60. The molecule has 3 saturated heterocycles. The first-order chi connectivity index (χ1) is 16.7. The fourth-order valence-electron chi connectivity index (χ4n) is 6.37. The molecular weight excluding hydrogens is 448 g/mol. The molecule has 7 atom stereocenters. The molecule has 196 valence electrons. The van der Waals surface area contributed by atoms with Gasteiger partial charge in [-0.3, -0.25) is 14.4 Å². The molecule has 3 heterocycles. The topological polar surface area (TPSA) is 96.4 Å². The number of carbonyl (C=O) groups is 3. The first kappa shape index (κ1) is 27.4. The number of unbranched alkanes of at least 4 members (excludes halogenated alkanes) is 1. The molecule has 0 aromatic rings. The number of carbonyl (C=O) groups excluding carboxylic acids is 3. The molecule has 0 aromatic heterocycles. The van der Waals surface area contributed by atoms with Gasteiger partial charge in [-0.05, 0) is 32.1 Å². The average Bonchev–Trinajstić information content (AvgIpc) is 3.41. The van der Waals surface area contributed by atoms with Crippen LogP contribution in [-0.2, 0) is 23.9 Å². The number of nitrogens with zero attached hydrogens (tertiary/aromatic N) is 2. The standard InChI is InChI=1S/C27H42N2O6/c1-7-11-15-28(14-8-2)24(32)22-27-13-12-26(6,35-27)21(25(33)34-16-9-3)20(27)23(31)29(22)19(17-30)18(5)10-4/h8-9,18-22,30H,2-3,7,10-17H2,1,4-6H3/t18-,19-,20-,21+,22?,26-,27?/m0/s1. The number of esters is 1. The van der Waals surface area contributed by atoms with Gasteiger partial charge in [0, 0.05) is 13.1 Å². The summed E-state index contributed by atoms with van der Waals surface area (Å²) in [5.41, 5.74) is -2.02. The van der Waals surface area contributed by atoms with Gasteiger partial charge in [0.15, 0.2) is 0 Å². The molecule has 1 N–H and O–H groups in total. The van der Waals surface area contributed by atoms with Crippen molar-refractivity contribution in [3.63, 3.8) is 0 Å². The van der Waals surface area contributed by atoms with Gasteiger partial charge in [0.1, 0.15) is 24.2 Å². The van der Waals surface area contributed by atoms with Crippen LogP contribution in [0.4, 0.5) is 0 Å². The summed E-state index contributed by atoms with van der Waals surface area (Å²) in [4.78, 5) is 44.8. The lowest BCUT2D eigenvalue weighted by Gasteiger charge is -2.41. The first-order valence-corrected chi connectivity index (χ1v) is 13.0. The van der Waals surface area contributed by atoms with E-state index in [2.05, 4.69) is 20.1 Å². The Morgan fingerprint density at radius 1 is 1.31 bits per heavy atom. The van der Waals surface area contributed by atoms with Gasteiger partial charge in [-0.2, -0.15) is 0 Å². The quantitative estimate of drug-likeness (QED) is 0.315. The van der Waals surface area contributed by atoms with Gasteiger partial charge in [-0.25, -0.2) is 0 Å². The van der Waals surface area contributed by atoms with Gasteiger partial charge in [0.05, 0.1) is 24.2 Å². The van der Waals surface area contributed by atoms with Crippen LogP contribution in [0.25, 0.3) is 0 Å². The maximum atomic E-state index is 14.2. The van der Waals surface area contributed by atoms with Gasteiger partial charge in [-0.1, -0.05) is 52.3 Å². The Bertz CT molecular complexity index is 846. The van der Waals surface area contributed by atoms with E-state index in [0.717, 1.165) is 19.3 Å². The Balaban J connectivity index is 2.12. The summed E-state index contributed by atoms with van der Waals surface area (Å²) < 4.78 is 12.0. The van der Waals surface area contributed by atoms with Crippen molar-refractivity contribution in [2.45, 2.75) is 83.1 Å². The van der Waals surface area contributed by atoms with E-state index in [9.17, 15) is 19.5 Å². The number of ether oxygens (including phenoxy) is 2. The number of aliphatic hydroxyl groups is 1. The number of hydrogen-bond acceptors (Lipinski definition) is 6. The van der Waals surface area contributed by atoms with Crippen LogP contribution in [0.15, 0.2) is 25.3 Å². The molecule has 3 aliphatic heterocycles. The number of amides is 2. The number of rotatable bonds is 13. The van der Waals surface area contributed by atoms with E-state index in [4.69, 9.17) is 9.47 Å².